The molecule has 1 heterocycles. The quantitative estimate of drug-likeness (QED) is 0.874. The van der Waals surface area contributed by atoms with Crippen LogP contribution in [0.5, 0.6) is 0 Å². The zero-order valence-electron chi connectivity index (χ0n) is 10.7. The third-order valence-electron chi connectivity index (χ3n) is 2.69. The van der Waals surface area contributed by atoms with E-state index in [9.17, 15) is 13.6 Å². The van der Waals surface area contributed by atoms with Gasteiger partial charge in [-0.2, -0.15) is 0 Å². The van der Waals surface area contributed by atoms with Crippen LogP contribution in [0.15, 0.2) is 36.7 Å². The van der Waals surface area contributed by atoms with Crippen molar-refractivity contribution in [1.29, 1.82) is 0 Å². The molecule has 4 nitrogen and oxygen atoms in total. The third-order valence-corrected chi connectivity index (χ3v) is 2.69. The number of anilines is 1. The predicted octanol–water partition coefficient (Wildman–Crippen LogP) is 2.76. The van der Waals surface area contributed by atoms with Crippen LogP contribution in [0.3, 0.4) is 0 Å². The first kappa shape index (κ1) is 13.9. The monoisotopic (exact) mass is 278 g/mol. The number of carbonyl (C=O) groups excluding carboxylic acids is 1. The van der Waals surface area contributed by atoms with Crippen LogP contribution < -0.4 is 5.32 Å². The molecule has 0 atom stereocenters. The Kier molecular flexibility index (Phi) is 4.24. The summed E-state index contributed by atoms with van der Waals surface area (Å²) in [6.45, 7) is 0.293. The molecule has 1 aromatic carbocycles. The van der Waals surface area contributed by atoms with Gasteiger partial charge in [0.25, 0.3) is 0 Å². The predicted molar refractivity (Wildman–Crippen MR) is 69.3 cm³/mol. The Morgan fingerprint density at radius 2 is 2.10 bits per heavy atom. The molecule has 0 fully saturated rings. The lowest BCUT2D eigenvalue weighted by molar-refractivity contribution is 0.0594. The number of aromatic nitrogens is 1. The Balaban J connectivity index is 2.18. The van der Waals surface area contributed by atoms with Gasteiger partial charge in [0.05, 0.1) is 18.4 Å². The van der Waals surface area contributed by atoms with Gasteiger partial charge in [0.15, 0.2) is 11.6 Å². The Bertz CT molecular complexity index is 618. The highest BCUT2D eigenvalue weighted by molar-refractivity contribution is 5.90. The molecule has 0 aliphatic carbocycles. The number of hydrogen-bond acceptors (Lipinski definition) is 4. The lowest BCUT2D eigenvalue weighted by Crippen LogP contribution is -2.09. The van der Waals surface area contributed by atoms with Crippen molar-refractivity contribution in [3.63, 3.8) is 0 Å². The molecule has 0 radical (unpaired) electrons. The molecule has 0 aliphatic heterocycles. The van der Waals surface area contributed by atoms with Crippen LogP contribution in [0.2, 0.25) is 0 Å². The number of rotatable bonds is 4. The summed E-state index contributed by atoms with van der Waals surface area (Å²) in [6, 6.07) is 6.02. The molecule has 1 N–H and O–H groups in total. The number of ether oxygens (including phenoxy) is 1. The summed E-state index contributed by atoms with van der Waals surface area (Å²) in [5.41, 5.74) is 0.361. The molecule has 104 valence electrons. The zero-order chi connectivity index (χ0) is 14.5. The zero-order valence-corrected chi connectivity index (χ0v) is 10.7. The minimum absolute atomic E-state index is 0.0287. The van der Waals surface area contributed by atoms with E-state index >= 15 is 0 Å². The summed E-state index contributed by atoms with van der Waals surface area (Å²) in [4.78, 5) is 15.1. The van der Waals surface area contributed by atoms with Crippen LogP contribution >= 0.6 is 0 Å². The van der Waals surface area contributed by atoms with Crippen LogP contribution in [-0.4, -0.2) is 18.1 Å². The summed E-state index contributed by atoms with van der Waals surface area (Å²) < 4.78 is 31.9. The van der Waals surface area contributed by atoms with Crippen molar-refractivity contribution >= 4 is 11.7 Å². The largest absolute Gasteiger partial charge is 0.465 e. The molecule has 6 heteroatoms. The third kappa shape index (κ3) is 2.90. The second-order valence-corrected chi connectivity index (χ2v) is 4.00. The van der Waals surface area contributed by atoms with Gasteiger partial charge in [-0.05, 0) is 23.8 Å². The van der Waals surface area contributed by atoms with Gasteiger partial charge in [0, 0.05) is 18.9 Å². The lowest BCUT2D eigenvalue weighted by Gasteiger charge is -2.09. The Morgan fingerprint density at radius 3 is 2.75 bits per heavy atom. The summed E-state index contributed by atoms with van der Waals surface area (Å²) in [7, 11) is 1.11. The number of esters is 1. The van der Waals surface area contributed by atoms with E-state index in [0.717, 1.165) is 12.7 Å². The second kappa shape index (κ2) is 6.10. The fourth-order valence-corrected chi connectivity index (χ4v) is 1.65. The molecule has 0 saturated carbocycles. The van der Waals surface area contributed by atoms with Crippen molar-refractivity contribution in [3.05, 3.63) is 59.4 Å². The number of hydrogen-bond donors (Lipinski definition) is 1. The first-order chi connectivity index (χ1) is 9.63. The number of halogens is 2. The maximum atomic E-state index is 13.8. The average Bonchev–Trinajstić information content (AvgIpc) is 2.49. The van der Waals surface area contributed by atoms with Crippen LogP contribution in [0.1, 0.15) is 15.9 Å². The summed E-state index contributed by atoms with van der Waals surface area (Å²) in [5, 5.41) is 2.75. The van der Waals surface area contributed by atoms with E-state index < -0.39 is 23.2 Å². The Hall–Kier alpha value is -2.50. The standard InChI is InChI=1S/C14H12F2N2O2/c1-20-14(19)10-4-5-11(13(16)12(10)15)18-8-9-3-2-6-17-7-9/h2-7,18H,8H2,1H3. The fraction of sp³-hybridized carbons (Fsp3) is 0.143. The minimum Gasteiger partial charge on any atom is -0.465 e. The van der Waals surface area contributed by atoms with Crippen molar-refractivity contribution in [3.8, 4) is 0 Å². The summed E-state index contributed by atoms with van der Waals surface area (Å²) >= 11 is 0. The number of benzene rings is 1. The van der Waals surface area contributed by atoms with E-state index in [4.69, 9.17) is 0 Å². The van der Waals surface area contributed by atoms with Crippen molar-refractivity contribution in [1.82, 2.24) is 4.98 Å². The van der Waals surface area contributed by atoms with E-state index in [1.54, 1.807) is 24.5 Å². The van der Waals surface area contributed by atoms with Gasteiger partial charge in [-0.15, -0.1) is 0 Å². The first-order valence-corrected chi connectivity index (χ1v) is 5.82. The van der Waals surface area contributed by atoms with E-state index in [0.29, 0.717) is 6.54 Å². The van der Waals surface area contributed by atoms with E-state index in [-0.39, 0.29) is 5.69 Å². The molecular formula is C14H12F2N2O2. The number of methoxy groups -OCH3 is 1. The molecule has 0 bridgehead atoms. The van der Waals surface area contributed by atoms with E-state index in [2.05, 4.69) is 15.0 Å². The Labute approximate surface area is 114 Å². The molecule has 0 amide bonds. The molecule has 2 rings (SSSR count). The number of nitrogens with one attached hydrogen (secondary N) is 1. The van der Waals surface area contributed by atoms with Crippen molar-refractivity contribution in [2.75, 3.05) is 12.4 Å². The van der Waals surface area contributed by atoms with E-state index in [1.807, 2.05) is 0 Å². The normalized spacial score (nSPS) is 10.2. The van der Waals surface area contributed by atoms with Gasteiger partial charge in [0.1, 0.15) is 0 Å². The molecule has 0 unspecified atom stereocenters. The maximum absolute atomic E-state index is 13.8. The maximum Gasteiger partial charge on any atom is 0.340 e. The van der Waals surface area contributed by atoms with E-state index in [1.165, 1.54) is 12.1 Å². The average molecular weight is 278 g/mol. The highest BCUT2D eigenvalue weighted by atomic mass is 19.2. The van der Waals surface area contributed by atoms with Crippen LogP contribution in [0.25, 0.3) is 0 Å². The topological polar surface area (TPSA) is 51.2 Å². The number of carbonyl (C=O) groups is 1. The second-order valence-electron chi connectivity index (χ2n) is 4.00. The molecule has 20 heavy (non-hydrogen) atoms. The van der Waals surface area contributed by atoms with Gasteiger partial charge in [-0.1, -0.05) is 6.07 Å². The Morgan fingerprint density at radius 1 is 1.30 bits per heavy atom. The fourth-order valence-electron chi connectivity index (χ4n) is 1.65. The van der Waals surface area contributed by atoms with Gasteiger partial charge in [0.2, 0.25) is 0 Å². The van der Waals surface area contributed by atoms with Gasteiger partial charge in [-0.3, -0.25) is 4.98 Å². The van der Waals surface area contributed by atoms with Crippen molar-refractivity contribution in [2.24, 2.45) is 0 Å². The first-order valence-electron chi connectivity index (χ1n) is 5.82. The van der Waals surface area contributed by atoms with Crippen molar-refractivity contribution < 1.29 is 18.3 Å². The molecule has 2 aromatic rings. The van der Waals surface area contributed by atoms with Gasteiger partial charge >= 0.3 is 5.97 Å². The highest BCUT2D eigenvalue weighted by Crippen LogP contribution is 2.21. The summed E-state index contributed by atoms with van der Waals surface area (Å²) in [5.74, 6) is -3.26. The number of pyridine rings is 1. The number of nitrogens with zero attached hydrogens (tertiary/aromatic N) is 1. The SMILES string of the molecule is COC(=O)c1ccc(NCc2cccnc2)c(F)c1F. The molecule has 0 spiro atoms. The molecule has 0 saturated heterocycles. The highest BCUT2D eigenvalue weighted by Gasteiger charge is 2.18. The van der Waals surface area contributed by atoms with Crippen molar-refractivity contribution in [2.45, 2.75) is 6.54 Å². The smallest absolute Gasteiger partial charge is 0.340 e. The minimum atomic E-state index is -1.23. The lowest BCUT2D eigenvalue weighted by atomic mass is 10.1. The van der Waals surface area contributed by atoms with Crippen LogP contribution in [-0.2, 0) is 11.3 Å². The molecule has 1 aromatic heterocycles. The van der Waals surface area contributed by atoms with Crippen LogP contribution in [0.4, 0.5) is 14.5 Å². The van der Waals surface area contributed by atoms with Gasteiger partial charge < -0.3 is 10.1 Å². The molecular weight excluding hydrogens is 266 g/mol. The van der Waals surface area contributed by atoms with Gasteiger partial charge in [-0.25, -0.2) is 13.6 Å². The summed E-state index contributed by atoms with van der Waals surface area (Å²) in [6.07, 6.45) is 3.24. The molecule has 0 aliphatic rings. The van der Waals surface area contributed by atoms with Crippen LogP contribution in [0, 0.1) is 11.6 Å².